The summed E-state index contributed by atoms with van der Waals surface area (Å²) >= 11 is 0. The van der Waals surface area contributed by atoms with E-state index in [-0.39, 0.29) is 11.3 Å². The maximum atomic E-state index is 10.9. The van der Waals surface area contributed by atoms with Crippen molar-refractivity contribution in [2.75, 3.05) is 24.1 Å². The Morgan fingerprint density at radius 3 is 2.35 bits per heavy atom. The van der Waals surface area contributed by atoms with Crippen molar-refractivity contribution in [2.24, 2.45) is 0 Å². The average molecular weight is 279 g/mol. The summed E-state index contributed by atoms with van der Waals surface area (Å²) in [5.74, 6) is -1.00. The zero-order valence-electron chi connectivity index (χ0n) is 12.7. The van der Waals surface area contributed by atoms with E-state index in [2.05, 4.69) is 37.9 Å². The van der Waals surface area contributed by atoms with Gasteiger partial charge in [0, 0.05) is 36.5 Å². The summed E-state index contributed by atoms with van der Waals surface area (Å²) in [6.07, 6.45) is 0. The second-order valence-electron chi connectivity index (χ2n) is 5.46. The first-order valence-corrected chi connectivity index (χ1v) is 6.95. The fourth-order valence-electron chi connectivity index (χ4n) is 2.31. The van der Waals surface area contributed by atoms with Crippen LogP contribution in [0.2, 0.25) is 0 Å². The first-order chi connectivity index (χ1) is 9.32. The summed E-state index contributed by atoms with van der Waals surface area (Å²) in [5, 5.41) is 12.2. The highest BCUT2D eigenvalue weighted by Gasteiger charge is 2.12. The van der Waals surface area contributed by atoms with E-state index in [0.29, 0.717) is 12.1 Å². The molecule has 0 aliphatic carbocycles. The Labute approximate surface area is 120 Å². The third-order valence-electron chi connectivity index (χ3n) is 3.31. The van der Waals surface area contributed by atoms with Gasteiger partial charge in [0.15, 0.2) is 0 Å². The Morgan fingerprint density at radius 1 is 1.30 bits per heavy atom. The lowest BCUT2D eigenvalue weighted by Crippen LogP contribution is -2.40. The summed E-state index contributed by atoms with van der Waals surface area (Å²) in [6.45, 7) is 10.4. The lowest BCUT2D eigenvalue weighted by atomic mass is 10.1. The number of hydrogen-bond acceptors (Lipinski definition) is 4. The molecule has 1 aromatic rings. The van der Waals surface area contributed by atoms with Gasteiger partial charge in [-0.05, 0) is 45.9 Å². The van der Waals surface area contributed by atoms with Crippen molar-refractivity contribution in [1.29, 1.82) is 0 Å². The van der Waals surface area contributed by atoms with E-state index >= 15 is 0 Å². The van der Waals surface area contributed by atoms with E-state index in [4.69, 9.17) is 10.8 Å². The second-order valence-corrected chi connectivity index (χ2v) is 5.46. The van der Waals surface area contributed by atoms with Crippen molar-refractivity contribution in [1.82, 2.24) is 4.90 Å². The van der Waals surface area contributed by atoms with Gasteiger partial charge in [0.1, 0.15) is 0 Å². The Bertz CT molecular complexity index is 450. The van der Waals surface area contributed by atoms with Crippen molar-refractivity contribution in [2.45, 2.75) is 39.8 Å². The predicted octanol–water partition coefficient (Wildman–Crippen LogP) is 2.50. The van der Waals surface area contributed by atoms with E-state index in [1.165, 1.54) is 6.07 Å². The first-order valence-electron chi connectivity index (χ1n) is 6.95. The number of carbonyl (C=O) groups is 1. The molecular formula is C15H25N3O2. The first kappa shape index (κ1) is 16.3. The van der Waals surface area contributed by atoms with Gasteiger partial charge >= 0.3 is 5.97 Å². The third-order valence-corrected chi connectivity index (χ3v) is 3.31. The number of nitrogens with two attached hydrogens (primary N) is 1. The molecule has 0 bridgehead atoms. The van der Waals surface area contributed by atoms with Gasteiger partial charge in [0.25, 0.3) is 0 Å². The normalized spacial score (nSPS) is 11.3. The zero-order valence-corrected chi connectivity index (χ0v) is 12.7. The summed E-state index contributed by atoms with van der Waals surface area (Å²) < 4.78 is 0. The van der Waals surface area contributed by atoms with Crippen LogP contribution in [0.25, 0.3) is 0 Å². The van der Waals surface area contributed by atoms with Gasteiger partial charge in [-0.3, -0.25) is 4.90 Å². The smallest absolute Gasteiger partial charge is 0.337 e. The number of carboxylic acid groups (broad SMARTS) is 1. The van der Waals surface area contributed by atoms with Crippen LogP contribution in [0.3, 0.4) is 0 Å². The quantitative estimate of drug-likeness (QED) is 0.668. The molecule has 0 aliphatic rings. The molecule has 1 rings (SSSR count). The molecule has 1 aromatic carbocycles. The minimum absolute atomic E-state index is 0.140. The van der Waals surface area contributed by atoms with Gasteiger partial charge in [-0.2, -0.15) is 0 Å². The summed E-state index contributed by atoms with van der Waals surface area (Å²) in [5.41, 5.74) is 6.99. The number of nitrogens with zero attached hydrogens (tertiary/aromatic N) is 1. The molecule has 20 heavy (non-hydrogen) atoms. The SMILES string of the molecule is CC(C)N(CCNc1ccc(C(=O)O)c(N)c1)C(C)C. The van der Waals surface area contributed by atoms with Crippen LogP contribution in [0.4, 0.5) is 11.4 Å². The van der Waals surface area contributed by atoms with E-state index in [1.807, 2.05) is 0 Å². The molecule has 0 fully saturated rings. The fraction of sp³-hybridized carbons (Fsp3) is 0.533. The highest BCUT2D eigenvalue weighted by Crippen LogP contribution is 2.18. The van der Waals surface area contributed by atoms with Gasteiger partial charge in [0.05, 0.1) is 5.56 Å². The molecule has 0 aliphatic heterocycles. The van der Waals surface area contributed by atoms with Crippen molar-refractivity contribution < 1.29 is 9.90 Å². The Balaban J connectivity index is 2.58. The van der Waals surface area contributed by atoms with Crippen molar-refractivity contribution >= 4 is 17.3 Å². The van der Waals surface area contributed by atoms with Crippen LogP contribution in [0.5, 0.6) is 0 Å². The number of aromatic carboxylic acids is 1. The van der Waals surface area contributed by atoms with Crippen LogP contribution in [0.15, 0.2) is 18.2 Å². The maximum absolute atomic E-state index is 10.9. The summed E-state index contributed by atoms with van der Waals surface area (Å²) in [4.78, 5) is 13.3. The Kier molecular flexibility index (Phi) is 5.82. The van der Waals surface area contributed by atoms with Gasteiger partial charge in [-0.1, -0.05) is 0 Å². The fourth-order valence-corrected chi connectivity index (χ4v) is 2.31. The summed E-state index contributed by atoms with van der Waals surface area (Å²) in [7, 11) is 0. The maximum Gasteiger partial charge on any atom is 0.337 e. The van der Waals surface area contributed by atoms with Gasteiger partial charge < -0.3 is 16.2 Å². The molecule has 5 heteroatoms. The Morgan fingerprint density at radius 2 is 1.90 bits per heavy atom. The molecule has 5 nitrogen and oxygen atoms in total. The van der Waals surface area contributed by atoms with Crippen molar-refractivity contribution in [3.8, 4) is 0 Å². The summed E-state index contributed by atoms with van der Waals surface area (Å²) in [6, 6.07) is 5.93. The lowest BCUT2D eigenvalue weighted by Gasteiger charge is -2.30. The van der Waals surface area contributed by atoms with Crippen LogP contribution in [-0.4, -0.2) is 41.1 Å². The van der Waals surface area contributed by atoms with Crippen molar-refractivity contribution in [3.63, 3.8) is 0 Å². The van der Waals surface area contributed by atoms with Crippen LogP contribution >= 0.6 is 0 Å². The van der Waals surface area contributed by atoms with Crippen LogP contribution in [-0.2, 0) is 0 Å². The monoisotopic (exact) mass is 279 g/mol. The van der Waals surface area contributed by atoms with Gasteiger partial charge in [-0.15, -0.1) is 0 Å². The molecule has 0 aromatic heterocycles. The highest BCUT2D eigenvalue weighted by atomic mass is 16.4. The number of hydrogen-bond donors (Lipinski definition) is 3. The number of rotatable bonds is 7. The largest absolute Gasteiger partial charge is 0.478 e. The molecule has 4 N–H and O–H groups in total. The number of carboxylic acids is 1. The number of nitrogen functional groups attached to an aromatic ring is 1. The molecular weight excluding hydrogens is 254 g/mol. The predicted molar refractivity (Wildman–Crippen MR) is 83.3 cm³/mol. The minimum atomic E-state index is -1.00. The van der Waals surface area contributed by atoms with Crippen LogP contribution in [0.1, 0.15) is 38.1 Å². The van der Waals surface area contributed by atoms with E-state index in [0.717, 1.165) is 18.8 Å². The number of anilines is 2. The topological polar surface area (TPSA) is 78.6 Å². The van der Waals surface area contributed by atoms with Crippen LogP contribution in [0, 0.1) is 0 Å². The molecule has 112 valence electrons. The molecule has 0 unspecified atom stereocenters. The Hall–Kier alpha value is -1.75. The minimum Gasteiger partial charge on any atom is -0.478 e. The second kappa shape index (κ2) is 7.14. The molecule has 0 amide bonds. The molecule has 0 saturated carbocycles. The highest BCUT2D eigenvalue weighted by molar-refractivity contribution is 5.94. The van der Waals surface area contributed by atoms with E-state index < -0.39 is 5.97 Å². The molecule has 0 heterocycles. The number of benzene rings is 1. The standard InChI is InChI=1S/C15H25N3O2/c1-10(2)18(11(3)4)8-7-17-12-5-6-13(15(19)20)14(16)9-12/h5-6,9-11,17H,7-8,16H2,1-4H3,(H,19,20). The molecule has 0 saturated heterocycles. The van der Waals surface area contributed by atoms with Gasteiger partial charge in [-0.25, -0.2) is 4.79 Å². The molecule has 0 spiro atoms. The van der Waals surface area contributed by atoms with Crippen LogP contribution < -0.4 is 11.1 Å². The zero-order chi connectivity index (χ0) is 15.3. The number of nitrogens with one attached hydrogen (secondary N) is 1. The molecule has 0 atom stereocenters. The molecule has 0 radical (unpaired) electrons. The van der Waals surface area contributed by atoms with E-state index in [9.17, 15) is 4.79 Å². The van der Waals surface area contributed by atoms with Gasteiger partial charge in [0.2, 0.25) is 0 Å². The average Bonchev–Trinajstić information content (AvgIpc) is 2.33. The lowest BCUT2D eigenvalue weighted by molar-refractivity contribution is 0.0698. The third kappa shape index (κ3) is 4.42. The van der Waals surface area contributed by atoms with Crippen molar-refractivity contribution in [3.05, 3.63) is 23.8 Å². The van der Waals surface area contributed by atoms with E-state index in [1.54, 1.807) is 12.1 Å².